The monoisotopic (exact) mass is 511 g/mol. The van der Waals surface area contributed by atoms with Gasteiger partial charge in [0.2, 0.25) is 5.91 Å². The quantitative estimate of drug-likeness (QED) is 0.177. The van der Waals surface area contributed by atoms with Gasteiger partial charge in [-0.3, -0.25) is 9.59 Å². The topological polar surface area (TPSA) is 191 Å². The number of β-lactam (4-membered cyclic amide) rings is 1. The average Bonchev–Trinajstić information content (AvgIpc) is 3.24. The number of carbonyl (C=O) groups is 3. The van der Waals surface area contributed by atoms with E-state index in [1.807, 2.05) is 0 Å². The highest BCUT2D eigenvalue weighted by Crippen LogP contribution is 2.46. The summed E-state index contributed by atoms with van der Waals surface area (Å²) in [6, 6.07) is 0.737. The van der Waals surface area contributed by atoms with Crippen LogP contribution in [0.25, 0.3) is 0 Å². The Morgan fingerprint density at radius 2 is 2.09 bits per heavy atom. The maximum absolute atomic E-state index is 13.0. The molecule has 0 saturated carbocycles. The second kappa shape index (κ2) is 7.99. The Balaban J connectivity index is 1.49. The van der Waals surface area contributed by atoms with Gasteiger partial charge in [0.1, 0.15) is 15.8 Å². The molecule has 180 valence electrons. The number of phenols is 2. The van der Waals surface area contributed by atoms with Gasteiger partial charge in [-0.05, 0) is 19.1 Å². The summed E-state index contributed by atoms with van der Waals surface area (Å²) < 4.78 is 25.6. The Bertz CT molecular complexity index is 1360. The Hall–Kier alpha value is -3.65. The number of amides is 2. The first-order valence-corrected chi connectivity index (χ1v) is 11.6. The molecule has 2 aliphatic rings. The number of fused-ring (bicyclic) bond motifs is 1. The largest absolute Gasteiger partial charge is 0.504 e. The van der Waals surface area contributed by atoms with E-state index in [1.54, 1.807) is 0 Å². The second-order valence-corrected chi connectivity index (χ2v) is 11.0. The number of aromatic nitrogens is 2. The van der Waals surface area contributed by atoms with Crippen molar-refractivity contribution < 1.29 is 38.1 Å². The maximum Gasteiger partial charge on any atom is 0.328 e. The van der Waals surface area contributed by atoms with Crippen molar-refractivity contribution in [1.82, 2.24) is 19.9 Å². The molecule has 1 aromatic heterocycles. The van der Waals surface area contributed by atoms with E-state index in [2.05, 4.69) is 15.5 Å². The number of aromatic hydroxyl groups is 2. The van der Waals surface area contributed by atoms with Crippen LogP contribution >= 0.6 is 11.6 Å². The molecular weight excluding hydrogens is 494 g/mol. The van der Waals surface area contributed by atoms with Crippen LogP contribution in [-0.4, -0.2) is 78.3 Å². The fraction of sp³-hybridized carbons (Fsp3) is 0.316. The van der Waals surface area contributed by atoms with E-state index in [-0.39, 0.29) is 29.2 Å². The van der Waals surface area contributed by atoms with Crippen LogP contribution in [0.2, 0.25) is 5.02 Å². The molecule has 2 amide bonds. The van der Waals surface area contributed by atoms with Gasteiger partial charge in [-0.1, -0.05) is 11.6 Å². The minimum absolute atomic E-state index is 0.141. The summed E-state index contributed by atoms with van der Waals surface area (Å²) in [6.07, 6.45) is 3.58. The number of phenolic OH excluding ortho intramolecular Hbond substituents is 2. The lowest BCUT2D eigenvalue weighted by molar-refractivity contribution is -0.157. The third kappa shape index (κ3) is 3.45. The molecule has 2 aliphatic heterocycles. The number of carboxylic acid groups (broad SMARTS) is 1. The maximum atomic E-state index is 13.0. The molecule has 1 aromatic carbocycles. The lowest BCUT2D eigenvalue weighted by atomic mass is 9.96. The number of nitrogens with one attached hydrogen (secondary N) is 1. The van der Waals surface area contributed by atoms with E-state index in [4.69, 9.17) is 11.6 Å². The number of aliphatic carboxylic acids is 1. The first-order valence-electron chi connectivity index (χ1n) is 9.71. The second-order valence-electron chi connectivity index (χ2n) is 8.02. The molecule has 4 N–H and O–H groups in total. The van der Waals surface area contributed by atoms with E-state index in [0.717, 1.165) is 17.2 Å². The number of imidazole rings is 1. The number of hydrogen-bond donors (Lipinski definition) is 4. The number of halogens is 1. The zero-order valence-corrected chi connectivity index (χ0v) is 19.0. The number of benzene rings is 1. The third-order valence-electron chi connectivity index (χ3n) is 5.90. The van der Waals surface area contributed by atoms with Gasteiger partial charge in [-0.15, -0.1) is 0 Å². The van der Waals surface area contributed by atoms with Crippen molar-refractivity contribution in [2.75, 3.05) is 0 Å². The first-order chi connectivity index (χ1) is 15.9. The zero-order valence-electron chi connectivity index (χ0n) is 17.4. The molecule has 0 unspecified atom stereocenters. The highest BCUT2D eigenvalue weighted by atomic mass is 35.5. The highest BCUT2D eigenvalue weighted by molar-refractivity contribution is 7.93. The van der Waals surface area contributed by atoms with Crippen molar-refractivity contribution >= 4 is 45.4 Å². The van der Waals surface area contributed by atoms with Crippen LogP contribution in [-0.2, 0) is 26.0 Å². The summed E-state index contributed by atoms with van der Waals surface area (Å²) in [6.45, 7) is 1.01. The van der Waals surface area contributed by atoms with Crippen molar-refractivity contribution in [3.8, 4) is 11.5 Å². The molecule has 2 saturated heterocycles. The van der Waals surface area contributed by atoms with Crippen LogP contribution in [0.1, 0.15) is 29.4 Å². The van der Waals surface area contributed by atoms with Crippen LogP contribution in [0.3, 0.4) is 0 Å². The van der Waals surface area contributed by atoms with E-state index in [0.29, 0.717) is 0 Å². The van der Waals surface area contributed by atoms with Gasteiger partial charge in [0.05, 0.1) is 29.5 Å². The predicted molar refractivity (Wildman–Crippen MR) is 116 cm³/mol. The molecule has 3 heterocycles. The summed E-state index contributed by atoms with van der Waals surface area (Å²) in [4.78, 5) is 40.8. The van der Waals surface area contributed by atoms with Crippen LogP contribution in [0.5, 0.6) is 11.5 Å². The Labute approximate surface area is 197 Å². The molecule has 3 atom stereocenters. The molecule has 34 heavy (non-hydrogen) atoms. The van der Waals surface area contributed by atoms with Gasteiger partial charge >= 0.3 is 5.97 Å². The normalized spacial score (nSPS) is 25.2. The number of rotatable bonds is 6. The molecule has 15 heteroatoms. The summed E-state index contributed by atoms with van der Waals surface area (Å²) in [5, 5.41) is 30.8. The van der Waals surface area contributed by atoms with E-state index in [9.17, 15) is 38.1 Å². The van der Waals surface area contributed by atoms with Crippen molar-refractivity contribution in [2.45, 2.75) is 36.1 Å². The van der Waals surface area contributed by atoms with Crippen LogP contribution < -0.4 is 5.43 Å². The van der Waals surface area contributed by atoms with Crippen LogP contribution in [0, 0.1) is 0 Å². The summed E-state index contributed by atoms with van der Waals surface area (Å²) in [5.41, 5.74) is 2.24. The highest BCUT2D eigenvalue weighted by Gasteiger charge is 2.69. The first kappa shape index (κ1) is 23.5. The number of hydrazone groups is 1. The third-order valence-corrected chi connectivity index (χ3v) is 9.04. The van der Waals surface area contributed by atoms with Crippen LogP contribution in [0.15, 0.2) is 29.8 Å². The van der Waals surface area contributed by atoms with Crippen molar-refractivity contribution in [3.63, 3.8) is 0 Å². The minimum atomic E-state index is -3.98. The smallest absolute Gasteiger partial charge is 0.328 e. The molecule has 13 nitrogen and oxygen atoms in total. The fourth-order valence-corrected chi connectivity index (χ4v) is 6.75. The van der Waals surface area contributed by atoms with Gasteiger partial charge in [-0.25, -0.2) is 23.6 Å². The number of carbonyl (C=O) groups excluding carboxylic acids is 2. The Kier molecular flexibility index (Phi) is 5.52. The number of carboxylic acids is 1. The molecule has 0 spiro atoms. The number of hydrogen-bond acceptors (Lipinski definition) is 9. The zero-order chi connectivity index (χ0) is 25.0. The van der Waals surface area contributed by atoms with Crippen molar-refractivity contribution in [3.05, 3.63) is 40.9 Å². The average molecular weight is 512 g/mol. The fourth-order valence-electron chi connectivity index (χ4n) is 4.13. The van der Waals surface area contributed by atoms with E-state index < -0.39 is 55.3 Å². The number of nitrogens with zero attached hydrogens (tertiary/aromatic N) is 4. The molecule has 4 rings (SSSR count). The van der Waals surface area contributed by atoms with Crippen molar-refractivity contribution in [1.29, 1.82) is 0 Å². The van der Waals surface area contributed by atoms with Gasteiger partial charge in [0.15, 0.2) is 27.4 Å². The lowest BCUT2D eigenvalue weighted by Crippen LogP contribution is -2.58. The SMILES string of the molecule is C[C@]1(Cn2cnc(/C=N/NC(=O)c3ccc(O)c(O)c3Cl)c2)[C@H](C(=O)O)N2C(=O)C[C@H]2S1(=O)=O. The minimum Gasteiger partial charge on any atom is -0.504 e. The van der Waals surface area contributed by atoms with Crippen LogP contribution in [0.4, 0.5) is 0 Å². The molecule has 0 radical (unpaired) electrons. The van der Waals surface area contributed by atoms with Crippen molar-refractivity contribution in [2.24, 2.45) is 5.10 Å². The molecule has 0 bridgehead atoms. The van der Waals surface area contributed by atoms with Gasteiger partial charge in [0, 0.05) is 12.7 Å². The molecular formula is C19H18ClN5O8S. The van der Waals surface area contributed by atoms with Gasteiger partial charge in [-0.2, -0.15) is 5.10 Å². The summed E-state index contributed by atoms with van der Waals surface area (Å²) >= 11 is 5.82. The number of sulfone groups is 1. The van der Waals surface area contributed by atoms with E-state index >= 15 is 0 Å². The summed E-state index contributed by atoms with van der Waals surface area (Å²) in [5.74, 6) is -3.86. The van der Waals surface area contributed by atoms with E-state index in [1.165, 1.54) is 30.1 Å². The lowest BCUT2D eigenvalue weighted by Gasteiger charge is -2.35. The Morgan fingerprint density at radius 3 is 2.74 bits per heavy atom. The predicted octanol–water partition coefficient (Wildman–Crippen LogP) is -0.0897. The molecule has 2 fully saturated rings. The molecule has 2 aromatic rings. The molecule has 0 aliphatic carbocycles. The van der Waals surface area contributed by atoms with Gasteiger partial charge in [0.25, 0.3) is 5.91 Å². The Morgan fingerprint density at radius 1 is 1.38 bits per heavy atom. The standard InChI is InChI=1S/C19H18ClN5O8S/c1-19(16(18(30)31)25-12(27)4-13(25)34(19,32)33)7-24-6-9(21-8-24)5-22-23-17(29)10-2-3-11(26)15(28)14(10)20/h2-3,5-6,8,13,16,26,28H,4,7H2,1H3,(H,23,29)(H,30,31)/b22-5+/t13-,16+,19+/m1/s1. The summed E-state index contributed by atoms with van der Waals surface area (Å²) in [7, 11) is -3.98. The van der Waals surface area contributed by atoms with Gasteiger partial charge < -0.3 is 24.8 Å².